The van der Waals surface area contributed by atoms with Gasteiger partial charge in [0, 0.05) is 11.3 Å². The van der Waals surface area contributed by atoms with Crippen LogP contribution in [-0.4, -0.2) is 43.4 Å². The van der Waals surface area contributed by atoms with Gasteiger partial charge in [0.2, 0.25) is 10.0 Å². The second-order valence-corrected chi connectivity index (χ2v) is 8.44. The topological polar surface area (TPSA) is 66.4 Å². The van der Waals surface area contributed by atoms with Gasteiger partial charge in [0.05, 0.1) is 12.4 Å². The molecular formula is C11H25NO3S2. The lowest BCUT2D eigenvalue weighted by atomic mass is 9.94. The van der Waals surface area contributed by atoms with E-state index in [0.29, 0.717) is 6.42 Å². The van der Waals surface area contributed by atoms with E-state index < -0.39 is 10.0 Å². The molecule has 0 aromatic carbocycles. The van der Waals surface area contributed by atoms with Crippen LogP contribution in [0, 0.1) is 5.41 Å². The second-order valence-electron chi connectivity index (χ2n) is 5.49. The van der Waals surface area contributed by atoms with Crippen molar-refractivity contribution in [1.29, 1.82) is 0 Å². The molecule has 104 valence electrons. The Balaban J connectivity index is 4.35. The summed E-state index contributed by atoms with van der Waals surface area (Å²) in [5.74, 6) is 0.132. The van der Waals surface area contributed by atoms with Crippen molar-refractivity contribution in [2.45, 2.75) is 45.4 Å². The summed E-state index contributed by atoms with van der Waals surface area (Å²) in [6, 6.07) is -0.250. The Kier molecular flexibility index (Phi) is 7.06. The van der Waals surface area contributed by atoms with E-state index in [-0.39, 0.29) is 29.1 Å². The van der Waals surface area contributed by atoms with E-state index in [4.69, 9.17) is 5.11 Å². The predicted molar refractivity (Wildman–Crippen MR) is 74.8 cm³/mol. The van der Waals surface area contributed by atoms with Crippen molar-refractivity contribution in [2.24, 2.45) is 5.41 Å². The molecule has 0 amide bonds. The Morgan fingerprint density at radius 3 is 2.24 bits per heavy atom. The number of aliphatic hydroxyl groups is 1. The molecule has 2 unspecified atom stereocenters. The van der Waals surface area contributed by atoms with Gasteiger partial charge in [-0.1, -0.05) is 20.8 Å². The zero-order chi connectivity index (χ0) is 13.7. The minimum Gasteiger partial charge on any atom is -0.395 e. The number of hydrogen-bond acceptors (Lipinski definition) is 4. The molecule has 0 heterocycles. The fraction of sp³-hybridized carbons (Fsp3) is 1.00. The normalized spacial score (nSPS) is 16.8. The largest absolute Gasteiger partial charge is 0.395 e. The molecule has 0 spiro atoms. The summed E-state index contributed by atoms with van der Waals surface area (Å²) in [7, 11) is -3.25. The zero-order valence-corrected chi connectivity index (χ0v) is 13.0. The fourth-order valence-electron chi connectivity index (χ4n) is 1.30. The van der Waals surface area contributed by atoms with Gasteiger partial charge in [-0.25, -0.2) is 13.1 Å². The number of rotatable bonds is 7. The summed E-state index contributed by atoms with van der Waals surface area (Å²) < 4.78 is 26.3. The Hall–Kier alpha value is 0.220. The lowest BCUT2D eigenvalue weighted by molar-refractivity contribution is 0.282. The molecule has 0 aromatic rings. The van der Waals surface area contributed by atoms with Crippen LogP contribution in [0.25, 0.3) is 0 Å². The highest BCUT2D eigenvalue weighted by Crippen LogP contribution is 2.19. The van der Waals surface area contributed by atoms with Crippen molar-refractivity contribution >= 4 is 21.8 Å². The van der Waals surface area contributed by atoms with Crippen LogP contribution in [0.15, 0.2) is 0 Å². The molecule has 0 saturated heterocycles. The average Bonchev–Trinajstić information content (AvgIpc) is 2.15. The van der Waals surface area contributed by atoms with E-state index >= 15 is 0 Å². The number of aliphatic hydroxyl groups excluding tert-OH is 1. The summed E-state index contributed by atoms with van der Waals surface area (Å²) in [6.07, 6.45) is 2.49. The first-order valence-electron chi connectivity index (χ1n) is 5.75. The fourth-order valence-corrected chi connectivity index (χ4v) is 3.74. The SMILES string of the molecule is CSC(CO)C(C)NS(=O)(=O)CCC(C)(C)C. The van der Waals surface area contributed by atoms with Gasteiger partial charge in [-0.15, -0.1) is 0 Å². The number of sulfonamides is 1. The smallest absolute Gasteiger partial charge is 0.211 e. The molecule has 2 atom stereocenters. The van der Waals surface area contributed by atoms with E-state index in [1.54, 1.807) is 6.92 Å². The summed E-state index contributed by atoms with van der Waals surface area (Å²) in [5.41, 5.74) is 0.00781. The maximum atomic E-state index is 11.8. The first-order valence-corrected chi connectivity index (χ1v) is 8.69. The first-order chi connectivity index (χ1) is 7.61. The van der Waals surface area contributed by atoms with Crippen LogP contribution in [0.3, 0.4) is 0 Å². The van der Waals surface area contributed by atoms with Gasteiger partial charge < -0.3 is 5.11 Å². The van der Waals surface area contributed by atoms with E-state index in [0.717, 1.165) is 0 Å². The summed E-state index contributed by atoms with van der Waals surface area (Å²) in [5, 5.41) is 9.00. The highest BCUT2D eigenvalue weighted by molar-refractivity contribution is 7.99. The van der Waals surface area contributed by atoms with Gasteiger partial charge in [-0.3, -0.25) is 0 Å². The molecule has 0 aromatic heterocycles. The van der Waals surface area contributed by atoms with Crippen LogP contribution in [0.2, 0.25) is 0 Å². The minimum atomic E-state index is -3.25. The molecule has 0 aliphatic carbocycles. The van der Waals surface area contributed by atoms with Crippen LogP contribution >= 0.6 is 11.8 Å². The lowest BCUT2D eigenvalue weighted by Gasteiger charge is -2.23. The van der Waals surface area contributed by atoms with Gasteiger partial charge in [0.25, 0.3) is 0 Å². The molecule has 0 aliphatic heterocycles. The molecule has 4 nitrogen and oxygen atoms in total. The van der Waals surface area contributed by atoms with Gasteiger partial charge in [0.15, 0.2) is 0 Å². The highest BCUT2D eigenvalue weighted by atomic mass is 32.2. The third kappa shape index (κ3) is 8.02. The van der Waals surface area contributed by atoms with Crippen molar-refractivity contribution < 1.29 is 13.5 Å². The summed E-state index contributed by atoms with van der Waals surface area (Å²) in [6.45, 7) is 7.81. The van der Waals surface area contributed by atoms with Gasteiger partial charge in [-0.2, -0.15) is 11.8 Å². The average molecular weight is 283 g/mol. The monoisotopic (exact) mass is 283 g/mol. The van der Waals surface area contributed by atoms with Crippen LogP contribution in [-0.2, 0) is 10.0 Å². The Labute approximate surface area is 110 Å². The third-order valence-corrected chi connectivity index (χ3v) is 5.16. The molecule has 0 radical (unpaired) electrons. The van der Waals surface area contributed by atoms with Crippen molar-refractivity contribution in [3.63, 3.8) is 0 Å². The molecule has 17 heavy (non-hydrogen) atoms. The minimum absolute atomic E-state index is 0.00781. The van der Waals surface area contributed by atoms with Crippen molar-refractivity contribution in [1.82, 2.24) is 4.72 Å². The first kappa shape index (κ1) is 17.2. The van der Waals surface area contributed by atoms with Gasteiger partial charge >= 0.3 is 0 Å². The van der Waals surface area contributed by atoms with Crippen LogP contribution in [0.1, 0.15) is 34.1 Å². The standard InChI is InChI=1S/C11H25NO3S2/c1-9(10(8-13)16-5)12-17(14,15)7-6-11(2,3)4/h9-10,12-13H,6-8H2,1-5H3. The number of thioether (sulfide) groups is 1. The van der Waals surface area contributed by atoms with Crippen molar-refractivity contribution in [3.8, 4) is 0 Å². The maximum Gasteiger partial charge on any atom is 0.211 e. The second kappa shape index (κ2) is 6.97. The Morgan fingerprint density at radius 2 is 1.88 bits per heavy atom. The highest BCUT2D eigenvalue weighted by Gasteiger charge is 2.23. The molecule has 0 bridgehead atoms. The van der Waals surface area contributed by atoms with Crippen LogP contribution in [0.4, 0.5) is 0 Å². The zero-order valence-electron chi connectivity index (χ0n) is 11.4. The summed E-state index contributed by atoms with van der Waals surface area (Å²) >= 11 is 1.47. The molecule has 2 N–H and O–H groups in total. The lowest BCUT2D eigenvalue weighted by Crippen LogP contribution is -2.42. The van der Waals surface area contributed by atoms with Crippen molar-refractivity contribution in [3.05, 3.63) is 0 Å². The Morgan fingerprint density at radius 1 is 1.35 bits per heavy atom. The molecular weight excluding hydrogens is 258 g/mol. The number of hydrogen-bond donors (Lipinski definition) is 2. The molecule has 0 rings (SSSR count). The molecule has 6 heteroatoms. The quantitative estimate of drug-likeness (QED) is 0.742. The summed E-state index contributed by atoms with van der Waals surface area (Å²) in [4.78, 5) is 0. The van der Waals surface area contributed by atoms with Gasteiger partial charge in [0.1, 0.15) is 0 Å². The van der Waals surface area contributed by atoms with E-state index in [1.165, 1.54) is 11.8 Å². The molecule has 0 saturated carbocycles. The van der Waals surface area contributed by atoms with E-state index in [2.05, 4.69) is 4.72 Å². The van der Waals surface area contributed by atoms with Crippen LogP contribution in [0.5, 0.6) is 0 Å². The predicted octanol–water partition coefficient (Wildman–Crippen LogP) is 1.45. The van der Waals surface area contributed by atoms with E-state index in [9.17, 15) is 8.42 Å². The van der Waals surface area contributed by atoms with Crippen LogP contribution < -0.4 is 4.72 Å². The molecule has 0 aliphatic rings. The van der Waals surface area contributed by atoms with Crippen molar-refractivity contribution in [2.75, 3.05) is 18.6 Å². The maximum absolute atomic E-state index is 11.8. The number of nitrogens with one attached hydrogen (secondary N) is 1. The molecule has 0 fully saturated rings. The third-order valence-electron chi connectivity index (χ3n) is 2.53. The van der Waals surface area contributed by atoms with E-state index in [1.807, 2.05) is 27.0 Å². The van der Waals surface area contributed by atoms with Gasteiger partial charge in [-0.05, 0) is 25.0 Å². The Bertz CT molecular complexity index is 305.